The van der Waals surface area contributed by atoms with E-state index in [0.717, 1.165) is 11.3 Å². The molecule has 1 heterocycles. The minimum absolute atomic E-state index is 0.0600. The zero-order chi connectivity index (χ0) is 15.9. The predicted octanol–water partition coefficient (Wildman–Crippen LogP) is 2.38. The molecule has 0 saturated heterocycles. The van der Waals surface area contributed by atoms with Crippen LogP contribution in [0, 0.1) is 0 Å². The van der Waals surface area contributed by atoms with Gasteiger partial charge in [-0.15, -0.1) is 11.8 Å². The molecule has 22 heavy (non-hydrogen) atoms. The SMILES string of the molecule is CC(CN)N(C)C(=O)CSCc1coc(-c2ccccc2)n1. The third-order valence-electron chi connectivity index (χ3n) is 3.44. The van der Waals surface area contributed by atoms with E-state index in [-0.39, 0.29) is 11.9 Å². The highest BCUT2D eigenvalue weighted by Gasteiger charge is 2.14. The highest BCUT2D eigenvalue weighted by atomic mass is 32.2. The molecule has 0 saturated carbocycles. The van der Waals surface area contributed by atoms with Gasteiger partial charge in [-0.2, -0.15) is 0 Å². The van der Waals surface area contributed by atoms with Crippen LogP contribution >= 0.6 is 11.8 Å². The van der Waals surface area contributed by atoms with Gasteiger partial charge in [0.2, 0.25) is 11.8 Å². The van der Waals surface area contributed by atoms with Crippen LogP contribution in [-0.4, -0.2) is 41.2 Å². The molecule has 1 unspecified atom stereocenters. The number of nitrogens with zero attached hydrogens (tertiary/aromatic N) is 2. The summed E-state index contributed by atoms with van der Waals surface area (Å²) in [6, 6.07) is 9.81. The molecule has 0 fully saturated rings. The Morgan fingerprint density at radius 3 is 2.82 bits per heavy atom. The highest BCUT2D eigenvalue weighted by Crippen LogP contribution is 2.20. The van der Waals surface area contributed by atoms with Crippen LogP contribution in [0.1, 0.15) is 12.6 Å². The van der Waals surface area contributed by atoms with Gasteiger partial charge in [0.25, 0.3) is 0 Å². The number of likely N-dealkylation sites (N-methyl/N-ethyl adjacent to an activating group) is 1. The summed E-state index contributed by atoms with van der Waals surface area (Å²) >= 11 is 1.52. The molecule has 2 rings (SSSR count). The number of hydrogen-bond donors (Lipinski definition) is 1. The average molecular weight is 319 g/mol. The first-order chi connectivity index (χ1) is 10.6. The van der Waals surface area contributed by atoms with Crippen LogP contribution in [0.3, 0.4) is 0 Å². The number of amides is 1. The molecule has 1 atom stereocenters. The fraction of sp³-hybridized carbons (Fsp3) is 0.375. The number of benzene rings is 1. The number of nitrogens with two attached hydrogens (primary N) is 1. The lowest BCUT2D eigenvalue weighted by Crippen LogP contribution is -2.40. The van der Waals surface area contributed by atoms with E-state index in [1.54, 1.807) is 18.2 Å². The Balaban J connectivity index is 1.83. The molecule has 0 radical (unpaired) electrons. The van der Waals surface area contributed by atoms with Crippen LogP contribution in [0.25, 0.3) is 11.5 Å². The predicted molar refractivity (Wildman–Crippen MR) is 89.4 cm³/mol. The monoisotopic (exact) mass is 319 g/mol. The van der Waals surface area contributed by atoms with Gasteiger partial charge in [0, 0.05) is 31.0 Å². The summed E-state index contributed by atoms with van der Waals surface area (Å²) in [7, 11) is 1.78. The van der Waals surface area contributed by atoms with Crippen LogP contribution in [0.4, 0.5) is 0 Å². The van der Waals surface area contributed by atoms with Gasteiger partial charge in [0.1, 0.15) is 6.26 Å². The minimum Gasteiger partial charge on any atom is -0.444 e. The number of carbonyl (C=O) groups is 1. The first kappa shape index (κ1) is 16.6. The number of thioether (sulfide) groups is 1. The van der Waals surface area contributed by atoms with E-state index >= 15 is 0 Å². The van der Waals surface area contributed by atoms with Crippen molar-refractivity contribution in [3.63, 3.8) is 0 Å². The average Bonchev–Trinajstić information content (AvgIpc) is 3.03. The zero-order valence-corrected chi connectivity index (χ0v) is 13.7. The van der Waals surface area contributed by atoms with E-state index in [1.165, 1.54) is 11.8 Å². The lowest BCUT2D eigenvalue weighted by Gasteiger charge is -2.23. The molecular weight excluding hydrogens is 298 g/mol. The molecule has 1 aromatic carbocycles. The molecule has 0 aliphatic rings. The van der Waals surface area contributed by atoms with Crippen molar-refractivity contribution in [1.29, 1.82) is 0 Å². The van der Waals surface area contributed by atoms with E-state index in [2.05, 4.69) is 4.98 Å². The normalized spacial score (nSPS) is 12.1. The van der Waals surface area contributed by atoms with Crippen LogP contribution in [-0.2, 0) is 10.5 Å². The summed E-state index contributed by atoms with van der Waals surface area (Å²) in [5.41, 5.74) is 7.35. The number of carbonyl (C=O) groups excluding carboxylic acids is 1. The summed E-state index contributed by atoms with van der Waals surface area (Å²) in [5, 5.41) is 0. The second-order valence-corrected chi connectivity index (χ2v) is 6.08. The number of rotatable bonds is 7. The smallest absolute Gasteiger partial charge is 0.232 e. The van der Waals surface area contributed by atoms with Crippen LogP contribution < -0.4 is 5.73 Å². The topological polar surface area (TPSA) is 72.4 Å². The summed E-state index contributed by atoms with van der Waals surface area (Å²) in [5.74, 6) is 1.74. The van der Waals surface area contributed by atoms with E-state index in [9.17, 15) is 4.79 Å². The van der Waals surface area contributed by atoms with Crippen LogP contribution in [0.15, 0.2) is 41.0 Å². The van der Waals surface area contributed by atoms with Gasteiger partial charge in [0.15, 0.2) is 0 Å². The second kappa shape index (κ2) is 8.00. The zero-order valence-electron chi connectivity index (χ0n) is 12.9. The van der Waals surface area contributed by atoms with Crippen molar-refractivity contribution >= 4 is 17.7 Å². The fourth-order valence-corrected chi connectivity index (χ4v) is 2.66. The molecular formula is C16H21N3O2S. The van der Waals surface area contributed by atoms with Crippen molar-refractivity contribution in [3.8, 4) is 11.5 Å². The van der Waals surface area contributed by atoms with Gasteiger partial charge >= 0.3 is 0 Å². The largest absolute Gasteiger partial charge is 0.444 e. The Labute approximate surface area is 134 Å². The standard InChI is InChI=1S/C16H21N3O2S/c1-12(8-17)19(2)15(20)11-22-10-14-9-21-16(18-14)13-6-4-3-5-7-13/h3-7,9,12H,8,10-11,17H2,1-2H3. The van der Waals surface area contributed by atoms with Gasteiger partial charge in [-0.1, -0.05) is 18.2 Å². The molecule has 5 nitrogen and oxygen atoms in total. The van der Waals surface area contributed by atoms with E-state index in [4.69, 9.17) is 10.2 Å². The molecule has 0 bridgehead atoms. The van der Waals surface area contributed by atoms with Crippen LogP contribution in [0.5, 0.6) is 0 Å². The first-order valence-electron chi connectivity index (χ1n) is 7.15. The third-order valence-corrected chi connectivity index (χ3v) is 4.39. The maximum Gasteiger partial charge on any atom is 0.232 e. The Hall–Kier alpha value is -1.79. The van der Waals surface area contributed by atoms with Crippen molar-refractivity contribution in [2.75, 3.05) is 19.3 Å². The Kier molecular flexibility index (Phi) is 6.03. The summed E-state index contributed by atoms with van der Waals surface area (Å²) < 4.78 is 5.47. The maximum atomic E-state index is 12.0. The Morgan fingerprint density at radius 2 is 2.14 bits per heavy atom. The number of oxazole rings is 1. The fourth-order valence-electron chi connectivity index (χ4n) is 1.84. The van der Waals surface area contributed by atoms with Crippen LogP contribution in [0.2, 0.25) is 0 Å². The highest BCUT2D eigenvalue weighted by molar-refractivity contribution is 7.99. The number of aromatic nitrogens is 1. The number of hydrogen-bond acceptors (Lipinski definition) is 5. The molecule has 6 heteroatoms. The molecule has 1 amide bonds. The molecule has 1 aromatic heterocycles. The summed E-state index contributed by atoms with van der Waals surface area (Å²) in [4.78, 5) is 18.1. The van der Waals surface area contributed by atoms with Gasteiger partial charge in [-0.3, -0.25) is 4.79 Å². The molecule has 0 aliphatic heterocycles. The van der Waals surface area contributed by atoms with Gasteiger partial charge < -0.3 is 15.1 Å². The van der Waals surface area contributed by atoms with Crippen molar-refractivity contribution in [3.05, 3.63) is 42.3 Å². The first-order valence-corrected chi connectivity index (χ1v) is 8.30. The lowest BCUT2D eigenvalue weighted by molar-refractivity contribution is -0.128. The second-order valence-electron chi connectivity index (χ2n) is 5.09. The molecule has 0 aliphatic carbocycles. The van der Waals surface area contributed by atoms with Crippen molar-refractivity contribution < 1.29 is 9.21 Å². The minimum atomic E-state index is 0.0600. The van der Waals surface area contributed by atoms with E-state index in [0.29, 0.717) is 23.9 Å². The van der Waals surface area contributed by atoms with E-state index in [1.807, 2.05) is 37.3 Å². The van der Waals surface area contributed by atoms with Crippen molar-refractivity contribution in [1.82, 2.24) is 9.88 Å². The lowest BCUT2D eigenvalue weighted by atomic mass is 10.2. The molecule has 0 spiro atoms. The van der Waals surface area contributed by atoms with Crippen molar-refractivity contribution in [2.45, 2.75) is 18.7 Å². The Morgan fingerprint density at radius 1 is 1.41 bits per heavy atom. The quantitative estimate of drug-likeness (QED) is 0.848. The van der Waals surface area contributed by atoms with Gasteiger partial charge in [-0.05, 0) is 19.1 Å². The maximum absolute atomic E-state index is 12.0. The van der Waals surface area contributed by atoms with Gasteiger partial charge in [-0.25, -0.2) is 4.98 Å². The molecule has 2 aromatic rings. The molecule has 118 valence electrons. The van der Waals surface area contributed by atoms with Crippen molar-refractivity contribution in [2.24, 2.45) is 5.73 Å². The Bertz CT molecular complexity index is 600. The third kappa shape index (κ3) is 4.35. The molecule has 2 N–H and O–H groups in total. The summed E-state index contributed by atoms with van der Waals surface area (Å²) in [6.45, 7) is 2.41. The van der Waals surface area contributed by atoms with Gasteiger partial charge in [0.05, 0.1) is 11.4 Å². The van der Waals surface area contributed by atoms with E-state index < -0.39 is 0 Å². The summed E-state index contributed by atoms with van der Waals surface area (Å²) in [6.07, 6.45) is 1.64.